The maximum atomic E-state index is 13.9. The predicted octanol–water partition coefficient (Wildman–Crippen LogP) is 3.94. The van der Waals surface area contributed by atoms with E-state index >= 15 is 0 Å². The molecule has 3 aromatic rings. The van der Waals surface area contributed by atoms with Crippen molar-refractivity contribution in [2.45, 2.75) is 31.8 Å². The fourth-order valence-corrected chi connectivity index (χ4v) is 3.70. The first-order valence-electron chi connectivity index (χ1n) is 10.0. The van der Waals surface area contributed by atoms with E-state index < -0.39 is 11.6 Å². The highest BCUT2D eigenvalue weighted by Gasteiger charge is 2.24. The molecule has 2 heterocycles. The van der Waals surface area contributed by atoms with Gasteiger partial charge in [-0.15, -0.1) is 0 Å². The molecule has 0 spiro atoms. The minimum atomic E-state index is -0.711. The number of amides is 1. The van der Waals surface area contributed by atoms with E-state index in [-0.39, 0.29) is 29.7 Å². The van der Waals surface area contributed by atoms with Crippen LogP contribution in [0.1, 0.15) is 24.3 Å². The van der Waals surface area contributed by atoms with E-state index in [1.165, 1.54) is 17.8 Å². The van der Waals surface area contributed by atoms with Crippen LogP contribution in [0.2, 0.25) is 0 Å². The summed E-state index contributed by atoms with van der Waals surface area (Å²) in [6.45, 7) is 2.66. The number of benzene rings is 2. The van der Waals surface area contributed by atoms with Gasteiger partial charge in [-0.1, -0.05) is 30.3 Å². The molecule has 1 fully saturated rings. The number of hydrogen-bond acceptors (Lipinski definition) is 4. The number of nitrogens with one attached hydrogen (secondary N) is 1. The van der Waals surface area contributed by atoms with Crippen molar-refractivity contribution in [2.24, 2.45) is 0 Å². The summed E-state index contributed by atoms with van der Waals surface area (Å²) in [5.41, 5.74) is 1.41. The topological polar surface area (TPSA) is 58.4 Å². The van der Waals surface area contributed by atoms with Gasteiger partial charge < -0.3 is 9.73 Å². The Morgan fingerprint density at radius 3 is 2.83 bits per heavy atom. The zero-order chi connectivity index (χ0) is 20.9. The minimum Gasteiger partial charge on any atom is -0.441 e. The minimum absolute atomic E-state index is 0.0609. The van der Waals surface area contributed by atoms with Gasteiger partial charge in [0.05, 0.1) is 11.8 Å². The molecule has 5 nitrogen and oxygen atoms in total. The predicted molar refractivity (Wildman–Crippen MR) is 108 cm³/mol. The van der Waals surface area contributed by atoms with Crippen LogP contribution in [0.15, 0.2) is 59.1 Å². The summed E-state index contributed by atoms with van der Waals surface area (Å²) in [4.78, 5) is 18.7. The summed E-state index contributed by atoms with van der Waals surface area (Å²) in [6, 6.07) is 13.7. The molecule has 1 atom stereocenters. The molecule has 156 valence electrons. The molecule has 0 bridgehead atoms. The summed E-state index contributed by atoms with van der Waals surface area (Å²) < 4.78 is 32.4. The quantitative estimate of drug-likeness (QED) is 0.640. The Morgan fingerprint density at radius 1 is 1.20 bits per heavy atom. The van der Waals surface area contributed by atoms with Crippen molar-refractivity contribution in [1.29, 1.82) is 0 Å². The Balaban J connectivity index is 1.24. The molecule has 2 aromatic carbocycles. The van der Waals surface area contributed by atoms with E-state index in [2.05, 4.69) is 27.3 Å². The van der Waals surface area contributed by atoms with Crippen molar-refractivity contribution in [2.75, 3.05) is 13.1 Å². The van der Waals surface area contributed by atoms with Crippen molar-refractivity contribution < 1.29 is 18.0 Å². The Hall–Kier alpha value is -3.06. The molecular weight excluding hydrogens is 388 g/mol. The molecule has 30 heavy (non-hydrogen) atoms. The zero-order valence-electron chi connectivity index (χ0n) is 16.5. The molecule has 1 amide bonds. The first-order chi connectivity index (χ1) is 14.6. The van der Waals surface area contributed by atoms with Gasteiger partial charge in [-0.3, -0.25) is 9.69 Å². The Kier molecular flexibility index (Phi) is 6.18. The maximum Gasteiger partial charge on any atom is 0.220 e. The first kappa shape index (κ1) is 20.2. The largest absolute Gasteiger partial charge is 0.441 e. The molecular formula is C23H23F2N3O2. The molecule has 0 radical (unpaired) electrons. The van der Waals surface area contributed by atoms with Gasteiger partial charge in [0.2, 0.25) is 5.91 Å². The van der Waals surface area contributed by atoms with E-state index in [0.29, 0.717) is 12.3 Å². The molecule has 0 saturated carbocycles. The average Bonchev–Trinajstić information content (AvgIpc) is 3.37. The third kappa shape index (κ3) is 5.10. The van der Waals surface area contributed by atoms with Crippen molar-refractivity contribution in [3.63, 3.8) is 0 Å². The van der Waals surface area contributed by atoms with Crippen molar-refractivity contribution in [3.05, 3.63) is 77.8 Å². The zero-order valence-corrected chi connectivity index (χ0v) is 16.5. The second-order valence-electron chi connectivity index (χ2n) is 7.52. The third-order valence-electron chi connectivity index (χ3n) is 5.20. The SMILES string of the molecule is O=C(CCc1ncc(-c2ccc(F)cc2F)o1)N[C@H]1CCN(Cc2ccccc2)C1. The molecule has 0 aliphatic carbocycles. The van der Waals surface area contributed by atoms with Crippen LogP contribution in [0.25, 0.3) is 11.3 Å². The van der Waals surface area contributed by atoms with Gasteiger partial charge in [-0.2, -0.15) is 0 Å². The van der Waals surface area contributed by atoms with Crippen LogP contribution in [0.4, 0.5) is 8.78 Å². The second-order valence-corrected chi connectivity index (χ2v) is 7.52. The highest BCUT2D eigenvalue weighted by atomic mass is 19.1. The number of nitrogens with zero attached hydrogens (tertiary/aromatic N) is 2. The van der Waals surface area contributed by atoms with Gasteiger partial charge in [-0.05, 0) is 24.1 Å². The fourth-order valence-electron chi connectivity index (χ4n) is 3.70. The first-order valence-corrected chi connectivity index (χ1v) is 10.0. The number of oxazole rings is 1. The van der Waals surface area contributed by atoms with Crippen LogP contribution in [0.3, 0.4) is 0 Å². The van der Waals surface area contributed by atoms with Crippen LogP contribution < -0.4 is 5.32 Å². The summed E-state index contributed by atoms with van der Waals surface area (Å²) in [7, 11) is 0. The molecule has 1 aromatic heterocycles. The lowest BCUT2D eigenvalue weighted by Crippen LogP contribution is -2.37. The lowest BCUT2D eigenvalue weighted by molar-refractivity contribution is -0.121. The molecule has 0 unspecified atom stereocenters. The summed E-state index contributed by atoms with van der Waals surface area (Å²) in [5.74, 6) is -0.857. The van der Waals surface area contributed by atoms with Crippen molar-refractivity contribution >= 4 is 5.91 Å². The fraction of sp³-hybridized carbons (Fsp3) is 0.304. The van der Waals surface area contributed by atoms with E-state index in [1.807, 2.05) is 18.2 Å². The lowest BCUT2D eigenvalue weighted by atomic mass is 10.2. The third-order valence-corrected chi connectivity index (χ3v) is 5.20. The highest BCUT2D eigenvalue weighted by Crippen LogP contribution is 2.24. The standard InChI is InChI=1S/C23H23F2N3O2/c24-17-6-7-19(20(25)12-17)21-13-26-23(30-21)9-8-22(29)27-18-10-11-28(15-18)14-16-4-2-1-3-5-16/h1-7,12-13,18H,8-11,14-15H2,(H,27,29)/t18-/m0/s1. The number of aryl methyl sites for hydroxylation is 1. The van der Waals surface area contributed by atoms with E-state index in [4.69, 9.17) is 4.42 Å². The lowest BCUT2D eigenvalue weighted by Gasteiger charge is -2.16. The van der Waals surface area contributed by atoms with Gasteiger partial charge in [0.15, 0.2) is 11.7 Å². The molecule has 7 heteroatoms. The van der Waals surface area contributed by atoms with E-state index in [9.17, 15) is 13.6 Å². The Labute approximate surface area is 173 Å². The van der Waals surface area contributed by atoms with Crippen LogP contribution in [0, 0.1) is 11.6 Å². The Morgan fingerprint density at radius 2 is 2.03 bits per heavy atom. The van der Waals surface area contributed by atoms with Crippen LogP contribution in [0.5, 0.6) is 0 Å². The average molecular weight is 411 g/mol. The van der Waals surface area contributed by atoms with Gasteiger partial charge in [0.25, 0.3) is 0 Å². The van der Waals surface area contributed by atoms with Crippen molar-refractivity contribution in [1.82, 2.24) is 15.2 Å². The normalized spacial score (nSPS) is 16.7. The monoisotopic (exact) mass is 411 g/mol. The summed E-state index contributed by atoms with van der Waals surface area (Å²) in [5, 5.41) is 3.07. The number of rotatable bonds is 7. The van der Waals surface area contributed by atoms with Gasteiger partial charge >= 0.3 is 0 Å². The van der Waals surface area contributed by atoms with Gasteiger partial charge in [0, 0.05) is 44.6 Å². The number of aromatic nitrogens is 1. The highest BCUT2D eigenvalue weighted by molar-refractivity contribution is 5.76. The Bertz CT molecular complexity index is 1010. The number of carbonyl (C=O) groups excluding carboxylic acids is 1. The number of hydrogen-bond donors (Lipinski definition) is 1. The van der Waals surface area contributed by atoms with Gasteiger partial charge in [-0.25, -0.2) is 13.8 Å². The molecule has 1 saturated heterocycles. The number of carbonyl (C=O) groups is 1. The number of halogens is 2. The summed E-state index contributed by atoms with van der Waals surface area (Å²) in [6.07, 6.45) is 2.86. The van der Waals surface area contributed by atoms with E-state index in [0.717, 1.165) is 38.2 Å². The van der Waals surface area contributed by atoms with Crippen molar-refractivity contribution in [3.8, 4) is 11.3 Å². The molecule has 1 aliphatic heterocycles. The smallest absolute Gasteiger partial charge is 0.220 e. The maximum absolute atomic E-state index is 13.9. The summed E-state index contributed by atoms with van der Waals surface area (Å²) >= 11 is 0. The molecule has 1 aliphatic rings. The van der Waals surface area contributed by atoms with Crippen LogP contribution in [-0.2, 0) is 17.8 Å². The van der Waals surface area contributed by atoms with Crippen LogP contribution in [-0.4, -0.2) is 34.9 Å². The van der Waals surface area contributed by atoms with E-state index in [1.54, 1.807) is 0 Å². The molecule has 1 N–H and O–H groups in total. The number of likely N-dealkylation sites (tertiary alicyclic amines) is 1. The second kappa shape index (κ2) is 9.17. The van der Waals surface area contributed by atoms with Crippen LogP contribution >= 0.6 is 0 Å². The van der Waals surface area contributed by atoms with Gasteiger partial charge in [0.1, 0.15) is 11.6 Å². The molecule has 4 rings (SSSR count).